The van der Waals surface area contributed by atoms with Gasteiger partial charge in [-0.15, -0.1) is 0 Å². The Balaban J connectivity index is 1.64. The molecule has 1 aromatic heterocycles. The van der Waals surface area contributed by atoms with E-state index in [9.17, 15) is 9.90 Å². The number of H-pyrrole nitrogens is 1. The van der Waals surface area contributed by atoms with Crippen molar-refractivity contribution in [2.24, 2.45) is 5.41 Å². The lowest BCUT2D eigenvalue weighted by Gasteiger charge is -2.39. The fourth-order valence-corrected chi connectivity index (χ4v) is 4.25. The van der Waals surface area contributed by atoms with Crippen molar-refractivity contribution in [3.05, 3.63) is 18.0 Å². The molecule has 2 saturated heterocycles. The molecule has 6 nitrogen and oxygen atoms in total. The van der Waals surface area contributed by atoms with E-state index in [2.05, 4.69) is 15.1 Å². The smallest absolute Gasteiger partial charge is 0.219 e. The first kappa shape index (κ1) is 15.5. The summed E-state index contributed by atoms with van der Waals surface area (Å²) in [5, 5.41) is 16.8. The summed E-state index contributed by atoms with van der Waals surface area (Å²) >= 11 is 0. The maximum absolute atomic E-state index is 11.9. The number of hydrogen-bond acceptors (Lipinski definition) is 4. The molecule has 2 aliphatic rings. The summed E-state index contributed by atoms with van der Waals surface area (Å²) in [5.74, 6) is 0.0771. The lowest BCUT2D eigenvalue weighted by molar-refractivity contribution is -0.134. The Hall–Kier alpha value is -1.40. The van der Waals surface area contributed by atoms with Crippen LogP contribution in [0.25, 0.3) is 0 Å². The van der Waals surface area contributed by atoms with Crippen LogP contribution in [0, 0.1) is 5.41 Å². The standard InChI is InChI=1S/C16H26N4O2/c1-13(22)20-11-16(10-15(20,2)12-21)4-7-19(8-5-16)9-14-3-6-17-18-14/h3,6,21H,4-5,7-12H2,1-2H3,(H,17,18). The number of carbonyl (C=O) groups is 1. The first-order valence-corrected chi connectivity index (χ1v) is 8.06. The lowest BCUT2D eigenvalue weighted by Crippen LogP contribution is -2.46. The minimum Gasteiger partial charge on any atom is -0.394 e. The Bertz CT molecular complexity index is 522. The van der Waals surface area contributed by atoms with E-state index in [1.165, 1.54) is 0 Å². The van der Waals surface area contributed by atoms with Crippen molar-refractivity contribution in [3.63, 3.8) is 0 Å². The highest BCUT2D eigenvalue weighted by Gasteiger charge is 2.52. The highest BCUT2D eigenvalue weighted by Crippen LogP contribution is 2.48. The molecule has 2 aliphatic heterocycles. The maximum Gasteiger partial charge on any atom is 0.219 e. The molecule has 2 fully saturated rings. The van der Waals surface area contributed by atoms with Gasteiger partial charge in [-0.2, -0.15) is 5.10 Å². The van der Waals surface area contributed by atoms with Gasteiger partial charge in [-0.1, -0.05) is 0 Å². The van der Waals surface area contributed by atoms with Crippen molar-refractivity contribution in [1.82, 2.24) is 20.0 Å². The second-order valence-electron chi connectivity index (χ2n) is 7.30. The number of nitrogens with one attached hydrogen (secondary N) is 1. The van der Waals surface area contributed by atoms with Gasteiger partial charge in [0, 0.05) is 31.9 Å². The highest BCUT2D eigenvalue weighted by atomic mass is 16.3. The average molecular weight is 306 g/mol. The average Bonchev–Trinajstić information content (AvgIpc) is 3.09. The molecule has 1 aromatic rings. The third-order valence-corrected chi connectivity index (χ3v) is 5.49. The van der Waals surface area contributed by atoms with Crippen LogP contribution in [0.15, 0.2) is 12.3 Å². The number of aromatic nitrogens is 2. The summed E-state index contributed by atoms with van der Waals surface area (Å²) in [6, 6.07) is 2.01. The van der Waals surface area contributed by atoms with Crippen molar-refractivity contribution in [1.29, 1.82) is 0 Å². The minimum absolute atomic E-state index is 0.0478. The Morgan fingerprint density at radius 1 is 1.45 bits per heavy atom. The van der Waals surface area contributed by atoms with E-state index >= 15 is 0 Å². The molecule has 22 heavy (non-hydrogen) atoms. The number of carbonyl (C=O) groups excluding carboxylic acids is 1. The largest absolute Gasteiger partial charge is 0.394 e. The van der Waals surface area contributed by atoms with Crippen molar-refractivity contribution in [2.45, 2.75) is 45.2 Å². The molecule has 0 saturated carbocycles. The van der Waals surface area contributed by atoms with E-state index in [1.54, 1.807) is 13.1 Å². The van der Waals surface area contributed by atoms with Crippen LogP contribution >= 0.6 is 0 Å². The predicted molar refractivity (Wildman–Crippen MR) is 83.0 cm³/mol. The second-order valence-corrected chi connectivity index (χ2v) is 7.30. The van der Waals surface area contributed by atoms with Gasteiger partial charge >= 0.3 is 0 Å². The van der Waals surface area contributed by atoms with Crippen LogP contribution in [-0.2, 0) is 11.3 Å². The molecule has 1 spiro atoms. The molecule has 122 valence electrons. The summed E-state index contributed by atoms with van der Waals surface area (Å²) in [5.41, 5.74) is 0.929. The molecule has 0 radical (unpaired) electrons. The van der Waals surface area contributed by atoms with E-state index in [0.29, 0.717) is 0 Å². The number of likely N-dealkylation sites (tertiary alicyclic amines) is 2. The fraction of sp³-hybridized carbons (Fsp3) is 0.750. The summed E-state index contributed by atoms with van der Waals surface area (Å²) in [4.78, 5) is 16.2. The first-order chi connectivity index (χ1) is 10.5. The molecule has 1 amide bonds. The first-order valence-electron chi connectivity index (χ1n) is 8.06. The van der Waals surface area contributed by atoms with Crippen molar-refractivity contribution in [2.75, 3.05) is 26.2 Å². The lowest BCUT2D eigenvalue weighted by atomic mass is 9.74. The van der Waals surface area contributed by atoms with E-state index in [4.69, 9.17) is 0 Å². The van der Waals surface area contributed by atoms with Gasteiger partial charge < -0.3 is 10.0 Å². The number of aliphatic hydroxyl groups excluding tert-OH is 1. The normalized spacial score (nSPS) is 28.4. The third-order valence-electron chi connectivity index (χ3n) is 5.49. The van der Waals surface area contributed by atoms with E-state index < -0.39 is 5.54 Å². The van der Waals surface area contributed by atoms with Gasteiger partial charge in [0.15, 0.2) is 0 Å². The fourth-order valence-electron chi connectivity index (χ4n) is 4.25. The highest BCUT2D eigenvalue weighted by molar-refractivity contribution is 5.74. The van der Waals surface area contributed by atoms with Crippen LogP contribution in [0.1, 0.15) is 38.8 Å². The Labute approximate surface area is 131 Å². The van der Waals surface area contributed by atoms with Gasteiger partial charge in [0.1, 0.15) is 0 Å². The van der Waals surface area contributed by atoms with Crippen LogP contribution in [-0.4, -0.2) is 62.8 Å². The molecule has 0 bridgehead atoms. The van der Waals surface area contributed by atoms with Gasteiger partial charge in [0.05, 0.1) is 12.1 Å². The van der Waals surface area contributed by atoms with Crippen LogP contribution in [0.4, 0.5) is 0 Å². The summed E-state index contributed by atoms with van der Waals surface area (Å²) in [7, 11) is 0. The number of amides is 1. The molecule has 0 aliphatic carbocycles. The maximum atomic E-state index is 11.9. The number of aliphatic hydroxyl groups is 1. The van der Waals surface area contributed by atoms with E-state index in [1.807, 2.05) is 17.9 Å². The van der Waals surface area contributed by atoms with E-state index in [0.717, 1.165) is 51.1 Å². The van der Waals surface area contributed by atoms with Gasteiger partial charge in [-0.25, -0.2) is 0 Å². The van der Waals surface area contributed by atoms with Gasteiger partial charge in [-0.05, 0) is 50.8 Å². The molecular weight excluding hydrogens is 280 g/mol. The second kappa shape index (κ2) is 5.66. The monoisotopic (exact) mass is 306 g/mol. The summed E-state index contributed by atoms with van der Waals surface area (Å²) < 4.78 is 0. The quantitative estimate of drug-likeness (QED) is 0.874. The predicted octanol–water partition coefficient (Wildman–Crippen LogP) is 0.995. The Morgan fingerprint density at radius 2 is 2.18 bits per heavy atom. The molecule has 3 heterocycles. The van der Waals surface area contributed by atoms with Crippen LogP contribution in [0.3, 0.4) is 0 Å². The van der Waals surface area contributed by atoms with Crippen LogP contribution < -0.4 is 0 Å². The zero-order valence-electron chi connectivity index (χ0n) is 13.5. The zero-order chi connectivity index (χ0) is 15.8. The van der Waals surface area contributed by atoms with E-state index in [-0.39, 0.29) is 17.9 Å². The molecule has 0 aromatic carbocycles. The molecule has 2 N–H and O–H groups in total. The topological polar surface area (TPSA) is 72.5 Å². The molecule has 3 rings (SSSR count). The third kappa shape index (κ3) is 2.77. The van der Waals surface area contributed by atoms with Crippen molar-refractivity contribution >= 4 is 5.91 Å². The number of piperidine rings is 1. The van der Waals surface area contributed by atoms with Crippen molar-refractivity contribution in [3.8, 4) is 0 Å². The number of hydrogen-bond donors (Lipinski definition) is 2. The Morgan fingerprint density at radius 3 is 2.68 bits per heavy atom. The minimum atomic E-state index is -0.391. The molecule has 1 atom stereocenters. The number of nitrogens with zero attached hydrogens (tertiary/aromatic N) is 3. The molecule has 1 unspecified atom stereocenters. The van der Waals surface area contributed by atoms with Gasteiger partial charge in [-0.3, -0.25) is 14.8 Å². The summed E-state index contributed by atoms with van der Waals surface area (Å²) in [6.07, 6.45) is 4.87. The summed E-state index contributed by atoms with van der Waals surface area (Å²) in [6.45, 7) is 7.44. The number of rotatable bonds is 3. The SMILES string of the molecule is CC(=O)N1CC2(CCN(Cc3ccn[nH]3)CC2)CC1(C)CO. The van der Waals surface area contributed by atoms with Gasteiger partial charge in [0.2, 0.25) is 5.91 Å². The van der Waals surface area contributed by atoms with Gasteiger partial charge in [0.25, 0.3) is 0 Å². The Kier molecular flexibility index (Phi) is 3.99. The van der Waals surface area contributed by atoms with Crippen molar-refractivity contribution < 1.29 is 9.90 Å². The molecular formula is C16H26N4O2. The number of aromatic amines is 1. The van der Waals surface area contributed by atoms with Crippen LogP contribution in [0.5, 0.6) is 0 Å². The van der Waals surface area contributed by atoms with Crippen LogP contribution in [0.2, 0.25) is 0 Å². The zero-order valence-corrected chi connectivity index (χ0v) is 13.5. The molecule has 6 heteroatoms.